The number of aryl methyl sites for hydroxylation is 1. The van der Waals surface area contributed by atoms with Gasteiger partial charge in [0.25, 0.3) is 0 Å². The van der Waals surface area contributed by atoms with Gasteiger partial charge in [0.05, 0.1) is 30.7 Å². The van der Waals surface area contributed by atoms with Crippen LogP contribution in [0.15, 0.2) is 18.2 Å². The van der Waals surface area contributed by atoms with Crippen LogP contribution in [0, 0.1) is 18.8 Å². The second-order valence-electron chi connectivity index (χ2n) is 4.88. The van der Waals surface area contributed by atoms with Crippen LogP contribution >= 0.6 is 0 Å². The van der Waals surface area contributed by atoms with Crippen LogP contribution in [0.4, 0.5) is 5.69 Å². The molecule has 0 aromatic heterocycles. The Hall–Kier alpha value is -1.55. The topological polar surface area (TPSA) is 81.4 Å². The Labute approximate surface area is 126 Å². The van der Waals surface area contributed by atoms with Crippen molar-refractivity contribution in [3.63, 3.8) is 0 Å². The molecule has 0 saturated carbocycles. The van der Waals surface area contributed by atoms with E-state index >= 15 is 0 Å². The smallest absolute Gasteiger partial charge is 0.235 e. The predicted octanol–water partition coefficient (Wildman–Crippen LogP) is 1.47. The molecule has 0 unspecified atom stereocenters. The Kier molecular flexibility index (Phi) is 6.69. The molecule has 0 spiro atoms. The Balaban J connectivity index is 2.74. The van der Waals surface area contributed by atoms with E-state index in [9.17, 15) is 8.42 Å². The van der Waals surface area contributed by atoms with Crippen molar-refractivity contribution in [3.05, 3.63) is 29.3 Å². The Bertz CT molecular complexity index is 628. The summed E-state index contributed by atoms with van der Waals surface area (Å²) in [5.41, 5.74) is 7.49. The molecule has 0 radical (unpaired) electrons. The minimum atomic E-state index is -3.41. The van der Waals surface area contributed by atoms with Gasteiger partial charge in [-0.05, 0) is 44.5 Å². The lowest BCUT2D eigenvalue weighted by Crippen LogP contribution is -2.22. The number of nitrogens with one attached hydrogen (secondary N) is 1. The van der Waals surface area contributed by atoms with E-state index in [1.807, 2.05) is 26.8 Å². The van der Waals surface area contributed by atoms with Gasteiger partial charge in [0.2, 0.25) is 10.0 Å². The Morgan fingerprint density at radius 1 is 1.38 bits per heavy atom. The Morgan fingerprint density at radius 3 is 2.67 bits per heavy atom. The summed E-state index contributed by atoms with van der Waals surface area (Å²) in [5.74, 6) is 5.60. The maximum atomic E-state index is 12.0. The van der Waals surface area contributed by atoms with Gasteiger partial charge in [-0.3, -0.25) is 4.72 Å². The molecule has 6 heteroatoms. The first-order valence-corrected chi connectivity index (χ1v) is 8.41. The van der Waals surface area contributed by atoms with Gasteiger partial charge < -0.3 is 10.5 Å². The van der Waals surface area contributed by atoms with Crippen LogP contribution in [0.2, 0.25) is 0 Å². The molecule has 1 rings (SSSR count). The molecule has 0 bridgehead atoms. The molecule has 0 aliphatic carbocycles. The minimum absolute atomic E-state index is 0.0161. The lowest BCUT2D eigenvalue weighted by atomic mass is 10.1. The highest BCUT2D eigenvalue weighted by atomic mass is 32.2. The van der Waals surface area contributed by atoms with Gasteiger partial charge in [0.1, 0.15) is 0 Å². The van der Waals surface area contributed by atoms with Crippen LogP contribution in [-0.4, -0.2) is 33.4 Å². The molecule has 5 nitrogen and oxygen atoms in total. The van der Waals surface area contributed by atoms with Crippen LogP contribution < -0.4 is 10.5 Å². The molecular formula is C15H22N2O3S. The molecule has 0 saturated heterocycles. The number of anilines is 1. The molecular weight excluding hydrogens is 288 g/mol. The van der Waals surface area contributed by atoms with Crippen molar-refractivity contribution in [2.24, 2.45) is 5.73 Å². The van der Waals surface area contributed by atoms with Crippen molar-refractivity contribution in [2.75, 3.05) is 23.6 Å². The Morgan fingerprint density at radius 2 is 2.10 bits per heavy atom. The number of hydrogen-bond donors (Lipinski definition) is 2. The van der Waals surface area contributed by atoms with Gasteiger partial charge in [-0.15, -0.1) is 0 Å². The molecule has 1 aromatic rings. The summed E-state index contributed by atoms with van der Waals surface area (Å²) in [6.07, 6.45) is 0.0161. The molecule has 0 aliphatic rings. The first-order valence-electron chi connectivity index (χ1n) is 6.76. The van der Waals surface area contributed by atoms with Crippen molar-refractivity contribution in [2.45, 2.75) is 26.9 Å². The van der Waals surface area contributed by atoms with Crippen molar-refractivity contribution in [3.8, 4) is 11.8 Å². The highest BCUT2D eigenvalue weighted by Gasteiger charge is 2.12. The molecule has 3 N–H and O–H groups in total. The molecule has 0 fully saturated rings. The molecule has 0 aliphatic heterocycles. The van der Waals surface area contributed by atoms with Crippen molar-refractivity contribution in [1.29, 1.82) is 0 Å². The second-order valence-corrected chi connectivity index (χ2v) is 6.72. The predicted molar refractivity (Wildman–Crippen MR) is 85.6 cm³/mol. The zero-order valence-electron chi connectivity index (χ0n) is 12.6. The fraction of sp³-hybridized carbons (Fsp3) is 0.467. The minimum Gasteiger partial charge on any atom is -0.378 e. The average Bonchev–Trinajstić information content (AvgIpc) is 2.38. The maximum absolute atomic E-state index is 12.0. The van der Waals surface area contributed by atoms with E-state index in [1.54, 1.807) is 12.1 Å². The van der Waals surface area contributed by atoms with Crippen LogP contribution in [0.1, 0.15) is 25.0 Å². The molecule has 1 aromatic carbocycles. The normalized spacial score (nSPS) is 11.1. The van der Waals surface area contributed by atoms with E-state index in [-0.39, 0.29) is 18.5 Å². The third-order valence-electron chi connectivity index (χ3n) is 2.63. The number of rotatable bonds is 6. The fourth-order valence-corrected chi connectivity index (χ4v) is 2.60. The van der Waals surface area contributed by atoms with E-state index in [1.165, 1.54) is 0 Å². The zero-order chi connectivity index (χ0) is 15.9. The van der Waals surface area contributed by atoms with E-state index in [4.69, 9.17) is 10.5 Å². The second kappa shape index (κ2) is 8.03. The van der Waals surface area contributed by atoms with Gasteiger partial charge in [-0.1, -0.05) is 11.8 Å². The summed E-state index contributed by atoms with van der Waals surface area (Å²) < 4.78 is 31.7. The maximum Gasteiger partial charge on any atom is 0.235 e. The van der Waals surface area contributed by atoms with E-state index in [0.717, 1.165) is 11.1 Å². The van der Waals surface area contributed by atoms with Crippen molar-refractivity contribution in [1.82, 2.24) is 0 Å². The van der Waals surface area contributed by atoms with Crippen molar-refractivity contribution >= 4 is 15.7 Å². The third-order valence-corrected chi connectivity index (χ3v) is 3.86. The summed E-state index contributed by atoms with van der Waals surface area (Å²) in [6, 6.07) is 5.29. The van der Waals surface area contributed by atoms with E-state index in [2.05, 4.69) is 16.6 Å². The quantitative estimate of drug-likeness (QED) is 0.780. The number of ether oxygens (including phenoxy) is 1. The zero-order valence-corrected chi connectivity index (χ0v) is 13.5. The van der Waals surface area contributed by atoms with Gasteiger partial charge in [0, 0.05) is 5.56 Å². The number of sulfonamides is 1. The lowest BCUT2D eigenvalue weighted by Gasteiger charge is -2.12. The van der Waals surface area contributed by atoms with E-state index < -0.39 is 10.0 Å². The van der Waals surface area contributed by atoms with Crippen LogP contribution in [0.25, 0.3) is 0 Å². The van der Waals surface area contributed by atoms with Gasteiger partial charge >= 0.3 is 0 Å². The molecule has 0 amide bonds. The summed E-state index contributed by atoms with van der Waals surface area (Å²) in [4.78, 5) is 0. The number of hydrogen-bond acceptors (Lipinski definition) is 4. The molecule has 0 heterocycles. The standard InChI is InChI=1S/C15H22N2O3S/c1-12(2)20-9-10-21(18,19)17-15-7-6-14(5-4-8-16)11-13(15)3/h6-7,11-12,17H,8-10,16H2,1-3H3. The number of nitrogens with two attached hydrogens (primary N) is 1. The summed E-state index contributed by atoms with van der Waals surface area (Å²) >= 11 is 0. The molecule has 21 heavy (non-hydrogen) atoms. The first kappa shape index (κ1) is 17.5. The van der Waals surface area contributed by atoms with Gasteiger partial charge in [-0.25, -0.2) is 8.42 Å². The van der Waals surface area contributed by atoms with Gasteiger partial charge in [-0.2, -0.15) is 0 Å². The number of benzene rings is 1. The first-order chi connectivity index (χ1) is 9.84. The molecule has 116 valence electrons. The van der Waals surface area contributed by atoms with Gasteiger partial charge in [0.15, 0.2) is 0 Å². The SMILES string of the molecule is Cc1cc(C#CCN)ccc1NS(=O)(=O)CCOC(C)C. The fourth-order valence-electron chi connectivity index (χ4n) is 1.62. The monoisotopic (exact) mass is 310 g/mol. The summed E-state index contributed by atoms with van der Waals surface area (Å²) in [7, 11) is -3.41. The average molecular weight is 310 g/mol. The van der Waals surface area contributed by atoms with Crippen LogP contribution in [0.3, 0.4) is 0 Å². The lowest BCUT2D eigenvalue weighted by molar-refractivity contribution is 0.0913. The third kappa shape index (κ3) is 6.63. The summed E-state index contributed by atoms with van der Waals surface area (Å²) in [6.45, 7) is 6.03. The highest BCUT2D eigenvalue weighted by molar-refractivity contribution is 7.92. The van der Waals surface area contributed by atoms with Crippen molar-refractivity contribution < 1.29 is 13.2 Å². The van der Waals surface area contributed by atoms with E-state index in [0.29, 0.717) is 12.2 Å². The van der Waals surface area contributed by atoms with Crippen LogP contribution in [-0.2, 0) is 14.8 Å². The largest absolute Gasteiger partial charge is 0.378 e. The highest BCUT2D eigenvalue weighted by Crippen LogP contribution is 2.17. The molecule has 0 atom stereocenters. The summed E-state index contributed by atoms with van der Waals surface area (Å²) in [5, 5.41) is 0. The van der Waals surface area contributed by atoms with Crippen LogP contribution in [0.5, 0.6) is 0 Å².